The lowest BCUT2D eigenvalue weighted by atomic mass is 9.98. The first kappa shape index (κ1) is 12.8. The van der Waals surface area contributed by atoms with E-state index in [9.17, 15) is 0 Å². The van der Waals surface area contributed by atoms with E-state index in [0.29, 0.717) is 0 Å². The van der Waals surface area contributed by atoms with Gasteiger partial charge in [-0.3, -0.25) is 0 Å². The summed E-state index contributed by atoms with van der Waals surface area (Å²) in [7, 11) is 0. The maximum Gasteiger partial charge on any atom is 0.0731 e. The molecule has 90 valence electrons. The minimum Gasteiger partial charge on any atom is -0.320 e. The van der Waals surface area contributed by atoms with Gasteiger partial charge in [-0.1, -0.05) is 23.8 Å². The summed E-state index contributed by atoms with van der Waals surface area (Å²) in [5.74, 6) is 0. The highest BCUT2D eigenvalue weighted by molar-refractivity contribution is 9.11. The van der Waals surface area contributed by atoms with Crippen LogP contribution < -0.4 is 5.73 Å². The topological polar surface area (TPSA) is 26.0 Å². The van der Waals surface area contributed by atoms with Crippen LogP contribution in [0.2, 0.25) is 0 Å². The van der Waals surface area contributed by atoms with Gasteiger partial charge in [-0.05, 0) is 59.5 Å². The van der Waals surface area contributed by atoms with Crippen LogP contribution >= 0.6 is 27.3 Å². The Hall–Kier alpha value is -0.640. The third-order valence-corrected chi connectivity index (χ3v) is 5.17. The molecule has 0 radical (unpaired) electrons. The molecule has 1 heterocycles. The van der Waals surface area contributed by atoms with Crippen LogP contribution in [-0.2, 0) is 0 Å². The highest BCUT2D eigenvalue weighted by Crippen LogP contribution is 2.34. The molecule has 0 saturated carbocycles. The first-order valence-corrected chi connectivity index (χ1v) is 7.18. The zero-order valence-corrected chi connectivity index (χ0v) is 12.7. The van der Waals surface area contributed by atoms with Crippen molar-refractivity contribution in [3.63, 3.8) is 0 Å². The Bertz CT molecular complexity index is 526. The van der Waals surface area contributed by atoms with Crippen LogP contribution in [0.25, 0.3) is 0 Å². The maximum atomic E-state index is 6.36. The number of thiophene rings is 1. The summed E-state index contributed by atoms with van der Waals surface area (Å²) in [6.45, 7) is 6.31. The third-order valence-electron chi connectivity index (χ3n) is 2.95. The lowest BCUT2D eigenvalue weighted by Crippen LogP contribution is -2.12. The highest BCUT2D eigenvalue weighted by Gasteiger charge is 2.15. The fourth-order valence-corrected chi connectivity index (χ4v) is 3.48. The van der Waals surface area contributed by atoms with E-state index in [2.05, 4.69) is 61.0 Å². The van der Waals surface area contributed by atoms with Crippen molar-refractivity contribution < 1.29 is 0 Å². The predicted molar refractivity (Wildman–Crippen MR) is 78.7 cm³/mol. The minimum atomic E-state index is -0.0232. The van der Waals surface area contributed by atoms with Gasteiger partial charge in [0.25, 0.3) is 0 Å². The first-order chi connectivity index (χ1) is 7.99. The molecule has 1 atom stereocenters. The van der Waals surface area contributed by atoms with Crippen molar-refractivity contribution in [2.24, 2.45) is 5.73 Å². The SMILES string of the molecule is Cc1ccc(C)c(C(N)c2cc(C)c(Br)s2)c1. The second-order valence-electron chi connectivity index (χ2n) is 4.44. The maximum absolute atomic E-state index is 6.36. The average molecular weight is 310 g/mol. The van der Waals surface area contributed by atoms with Crippen LogP contribution in [0, 0.1) is 20.8 Å². The van der Waals surface area contributed by atoms with E-state index in [1.165, 1.54) is 30.9 Å². The smallest absolute Gasteiger partial charge is 0.0731 e. The summed E-state index contributed by atoms with van der Waals surface area (Å²) in [4.78, 5) is 1.21. The summed E-state index contributed by atoms with van der Waals surface area (Å²) in [5, 5.41) is 0. The van der Waals surface area contributed by atoms with Crippen LogP contribution in [0.15, 0.2) is 28.1 Å². The zero-order chi connectivity index (χ0) is 12.6. The van der Waals surface area contributed by atoms with Gasteiger partial charge < -0.3 is 5.73 Å². The van der Waals surface area contributed by atoms with Crippen LogP contribution in [0.3, 0.4) is 0 Å². The minimum absolute atomic E-state index is 0.0232. The molecule has 1 aromatic heterocycles. The molecule has 1 unspecified atom stereocenters. The molecule has 1 aromatic carbocycles. The van der Waals surface area contributed by atoms with Crippen molar-refractivity contribution in [2.75, 3.05) is 0 Å². The average Bonchev–Trinajstić information content (AvgIpc) is 2.62. The molecule has 0 amide bonds. The van der Waals surface area contributed by atoms with E-state index in [1.807, 2.05) is 0 Å². The molecule has 0 bridgehead atoms. The highest BCUT2D eigenvalue weighted by atomic mass is 79.9. The predicted octanol–water partition coefficient (Wildman–Crippen LogP) is 4.48. The fraction of sp³-hybridized carbons (Fsp3) is 0.286. The molecule has 0 aliphatic carbocycles. The zero-order valence-electron chi connectivity index (χ0n) is 10.3. The molecule has 2 aromatic rings. The van der Waals surface area contributed by atoms with Crippen molar-refractivity contribution in [3.8, 4) is 0 Å². The molecule has 3 heteroatoms. The molecule has 2 N–H and O–H groups in total. The Morgan fingerprint density at radius 2 is 1.82 bits per heavy atom. The van der Waals surface area contributed by atoms with Crippen LogP contribution in [0.4, 0.5) is 0 Å². The van der Waals surface area contributed by atoms with Crippen molar-refractivity contribution in [1.29, 1.82) is 0 Å². The lowest BCUT2D eigenvalue weighted by molar-refractivity contribution is 0.879. The molecule has 0 spiro atoms. The molecule has 2 rings (SSSR count). The number of hydrogen-bond acceptors (Lipinski definition) is 2. The second-order valence-corrected chi connectivity index (χ2v) is 6.84. The van der Waals surface area contributed by atoms with E-state index in [0.717, 1.165) is 0 Å². The summed E-state index contributed by atoms with van der Waals surface area (Å²) in [5.41, 5.74) is 11.3. The summed E-state index contributed by atoms with van der Waals surface area (Å²) >= 11 is 5.28. The summed E-state index contributed by atoms with van der Waals surface area (Å²) < 4.78 is 1.17. The van der Waals surface area contributed by atoms with Crippen LogP contribution in [-0.4, -0.2) is 0 Å². The van der Waals surface area contributed by atoms with Gasteiger partial charge in [-0.25, -0.2) is 0 Å². The van der Waals surface area contributed by atoms with E-state index in [-0.39, 0.29) is 6.04 Å². The molecule has 17 heavy (non-hydrogen) atoms. The number of benzene rings is 1. The Balaban J connectivity index is 2.42. The number of hydrogen-bond donors (Lipinski definition) is 1. The van der Waals surface area contributed by atoms with E-state index in [4.69, 9.17) is 5.73 Å². The van der Waals surface area contributed by atoms with Crippen molar-refractivity contribution >= 4 is 27.3 Å². The Morgan fingerprint density at radius 3 is 2.41 bits per heavy atom. The normalized spacial score (nSPS) is 12.8. The van der Waals surface area contributed by atoms with Gasteiger partial charge in [0.15, 0.2) is 0 Å². The van der Waals surface area contributed by atoms with Crippen LogP contribution in [0.5, 0.6) is 0 Å². The van der Waals surface area contributed by atoms with Crippen molar-refractivity contribution in [1.82, 2.24) is 0 Å². The monoisotopic (exact) mass is 309 g/mol. The Kier molecular flexibility index (Phi) is 3.71. The number of nitrogens with two attached hydrogens (primary N) is 1. The van der Waals surface area contributed by atoms with Crippen LogP contribution in [0.1, 0.15) is 33.2 Å². The fourth-order valence-electron chi connectivity index (χ4n) is 1.89. The van der Waals surface area contributed by atoms with Gasteiger partial charge >= 0.3 is 0 Å². The van der Waals surface area contributed by atoms with E-state index in [1.54, 1.807) is 11.3 Å². The molecule has 1 nitrogen and oxygen atoms in total. The third kappa shape index (κ3) is 2.62. The summed E-state index contributed by atoms with van der Waals surface area (Å²) in [6, 6.07) is 8.59. The molecule has 0 aliphatic heterocycles. The molecular weight excluding hydrogens is 294 g/mol. The standard InChI is InChI=1S/C14H16BrNS/c1-8-4-5-9(2)11(6-8)13(16)12-7-10(3)14(15)17-12/h4-7,13H,16H2,1-3H3. The quantitative estimate of drug-likeness (QED) is 0.869. The molecular formula is C14H16BrNS. The Morgan fingerprint density at radius 1 is 1.12 bits per heavy atom. The largest absolute Gasteiger partial charge is 0.320 e. The van der Waals surface area contributed by atoms with Gasteiger partial charge in [-0.2, -0.15) is 0 Å². The van der Waals surface area contributed by atoms with Gasteiger partial charge in [-0.15, -0.1) is 11.3 Å². The molecule has 0 fully saturated rings. The first-order valence-electron chi connectivity index (χ1n) is 5.57. The van der Waals surface area contributed by atoms with Gasteiger partial charge in [0.1, 0.15) is 0 Å². The van der Waals surface area contributed by atoms with Gasteiger partial charge in [0.2, 0.25) is 0 Å². The van der Waals surface area contributed by atoms with Crippen molar-refractivity contribution in [2.45, 2.75) is 26.8 Å². The lowest BCUT2D eigenvalue weighted by Gasteiger charge is -2.14. The summed E-state index contributed by atoms with van der Waals surface area (Å²) in [6.07, 6.45) is 0. The van der Waals surface area contributed by atoms with E-state index < -0.39 is 0 Å². The number of aryl methyl sites for hydroxylation is 3. The number of halogens is 1. The van der Waals surface area contributed by atoms with Gasteiger partial charge in [0.05, 0.1) is 9.83 Å². The van der Waals surface area contributed by atoms with E-state index >= 15 is 0 Å². The number of rotatable bonds is 2. The van der Waals surface area contributed by atoms with Crippen molar-refractivity contribution in [3.05, 3.63) is 55.2 Å². The second kappa shape index (κ2) is 4.92. The molecule has 0 saturated heterocycles. The molecule has 0 aliphatic rings. The Labute approximate surface area is 115 Å². The van der Waals surface area contributed by atoms with Gasteiger partial charge in [0, 0.05) is 4.88 Å².